The molecule has 19 heavy (non-hydrogen) atoms. The summed E-state index contributed by atoms with van der Waals surface area (Å²) < 4.78 is 26.7. The van der Waals surface area contributed by atoms with Crippen LogP contribution in [0, 0.1) is 0 Å². The molecule has 0 saturated carbocycles. The molecule has 92 valence electrons. The molecule has 7 nitrogen and oxygen atoms in total. The topological polar surface area (TPSA) is 124 Å². The number of benzene rings is 1. The molecule has 0 fully saturated rings. The van der Waals surface area contributed by atoms with E-state index in [4.69, 9.17) is 0 Å². The minimum atomic E-state index is -4.19. The molecule has 1 aromatic rings. The Labute approximate surface area is 153 Å². The summed E-state index contributed by atoms with van der Waals surface area (Å²) in [4.78, 5) is 20.6. The van der Waals surface area contributed by atoms with Crippen LogP contribution in [0.25, 0.3) is 0 Å². The fourth-order valence-corrected chi connectivity index (χ4v) is 1.81. The summed E-state index contributed by atoms with van der Waals surface area (Å²) in [6.07, 6.45) is 0. The fourth-order valence-electron chi connectivity index (χ4n) is 1.08. The van der Waals surface area contributed by atoms with Gasteiger partial charge in [-0.3, -0.25) is 4.18 Å². The van der Waals surface area contributed by atoms with E-state index in [1.54, 1.807) is 0 Å². The van der Waals surface area contributed by atoms with Crippen molar-refractivity contribution in [3.05, 3.63) is 29.3 Å². The summed E-state index contributed by atoms with van der Waals surface area (Å²) in [5.41, 5.74) is -1.19. The minimum Gasteiger partial charge on any atom is -0.545 e. The van der Waals surface area contributed by atoms with Gasteiger partial charge < -0.3 is 19.8 Å². The fraction of sp³-hybridized carbons (Fsp3) is 0.111. The van der Waals surface area contributed by atoms with E-state index in [0.717, 1.165) is 25.3 Å². The van der Waals surface area contributed by atoms with E-state index >= 15 is 0 Å². The van der Waals surface area contributed by atoms with Gasteiger partial charge in [-0.25, -0.2) is 0 Å². The van der Waals surface area contributed by atoms with E-state index in [1.165, 1.54) is 0 Å². The Morgan fingerprint density at radius 2 is 1.37 bits per heavy atom. The molecule has 0 unspecified atom stereocenters. The summed E-state index contributed by atoms with van der Waals surface area (Å²) in [5, 5.41) is 21.2. The van der Waals surface area contributed by atoms with Crippen LogP contribution in [0.1, 0.15) is 20.7 Å². The second-order valence-electron chi connectivity index (χ2n) is 2.94. The van der Waals surface area contributed by atoms with Crippen LogP contribution in [-0.2, 0) is 14.3 Å². The van der Waals surface area contributed by atoms with Crippen LogP contribution in [-0.4, -0.2) is 27.5 Å². The van der Waals surface area contributed by atoms with Gasteiger partial charge in [-0.05, 0) is 29.3 Å². The summed E-state index contributed by atoms with van der Waals surface area (Å²) in [6.45, 7) is 0. The Hall–Kier alpha value is 0.0700. The zero-order chi connectivity index (χ0) is 13.2. The number of hydrogen-bond donors (Lipinski definition) is 0. The van der Waals surface area contributed by atoms with Crippen molar-refractivity contribution in [1.29, 1.82) is 0 Å². The molecule has 0 atom stereocenters. The first-order valence-corrected chi connectivity index (χ1v) is 5.57. The summed E-state index contributed by atoms with van der Waals surface area (Å²) in [6, 6.07) is 2.21. The van der Waals surface area contributed by atoms with Crippen molar-refractivity contribution in [2.24, 2.45) is 0 Å². The molecule has 0 amide bonds. The largest absolute Gasteiger partial charge is 1.00 e. The molecule has 0 saturated heterocycles. The standard InChI is InChI=1S/C9H8O7S.2Na/c1-16-17(14,15)7-3-5(8(10)11)2-6(4-7)9(12)13;;/h2-4H,1H3,(H,10,11)(H,12,13);;/q;2*+1/p-2. The maximum atomic E-state index is 11.3. The second kappa shape index (κ2) is 8.38. The molecule has 0 heterocycles. The SMILES string of the molecule is COS(=O)(=O)c1cc(C(=O)[O-])cc(C(=O)[O-])c1.[Na+].[Na+]. The Morgan fingerprint density at radius 3 is 1.63 bits per heavy atom. The smallest absolute Gasteiger partial charge is 0.545 e. The maximum Gasteiger partial charge on any atom is 1.00 e. The van der Waals surface area contributed by atoms with Crippen LogP contribution in [0.5, 0.6) is 0 Å². The molecule has 0 radical (unpaired) electrons. The molecule has 0 aliphatic rings. The third-order valence-corrected chi connectivity index (χ3v) is 3.14. The van der Waals surface area contributed by atoms with E-state index in [1.807, 2.05) is 0 Å². The van der Waals surface area contributed by atoms with Gasteiger partial charge in [-0.1, -0.05) is 0 Å². The molecule has 1 rings (SSSR count). The van der Waals surface area contributed by atoms with Crippen LogP contribution in [0.2, 0.25) is 0 Å². The number of carboxylic acids is 2. The Morgan fingerprint density at radius 1 is 1.00 bits per heavy atom. The van der Waals surface area contributed by atoms with Crippen molar-refractivity contribution < 1.29 is 91.5 Å². The van der Waals surface area contributed by atoms with Gasteiger partial charge in [0.05, 0.1) is 23.9 Å². The molecule has 10 heteroatoms. The van der Waals surface area contributed by atoms with Crippen LogP contribution in [0.4, 0.5) is 0 Å². The zero-order valence-electron chi connectivity index (χ0n) is 10.5. The second-order valence-corrected chi connectivity index (χ2v) is 4.65. The van der Waals surface area contributed by atoms with Gasteiger partial charge >= 0.3 is 59.1 Å². The molecule has 0 aliphatic heterocycles. The first-order chi connectivity index (χ1) is 7.77. The first-order valence-electron chi connectivity index (χ1n) is 4.16. The molecule has 0 N–H and O–H groups in total. The van der Waals surface area contributed by atoms with Gasteiger partial charge in [0.2, 0.25) is 0 Å². The van der Waals surface area contributed by atoms with E-state index in [0.29, 0.717) is 0 Å². The molecule has 0 bridgehead atoms. The van der Waals surface area contributed by atoms with Crippen molar-refractivity contribution in [2.45, 2.75) is 4.90 Å². The normalized spacial score (nSPS) is 9.95. The number of rotatable bonds is 4. The van der Waals surface area contributed by atoms with Crippen molar-refractivity contribution in [1.82, 2.24) is 0 Å². The first kappa shape index (κ1) is 21.4. The van der Waals surface area contributed by atoms with Crippen LogP contribution >= 0.6 is 0 Å². The Kier molecular flexibility index (Phi) is 9.42. The van der Waals surface area contributed by atoms with E-state index in [9.17, 15) is 28.2 Å². The van der Waals surface area contributed by atoms with Gasteiger partial charge in [0, 0.05) is 0 Å². The number of aromatic carboxylic acids is 2. The van der Waals surface area contributed by atoms with E-state index in [-0.39, 0.29) is 59.1 Å². The van der Waals surface area contributed by atoms with Gasteiger partial charge in [0.15, 0.2) is 0 Å². The molecule has 1 aromatic carbocycles. The van der Waals surface area contributed by atoms with Crippen molar-refractivity contribution in [3.63, 3.8) is 0 Å². The molecular formula is C9H6Na2O7S. The van der Waals surface area contributed by atoms with Gasteiger partial charge in [-0.2, -0.15) is 8.42 Å². The number of carboxylic acid groups (broad SMARTS) is 2. The quantitative estimate of drug-likeness (QED) is 0.399. The third kappa shape index (κ3) is 5.52. The Bertz CT molecular complexity index is 550. The maximum absolute atomic E-state index is 11.3. The van der Waals surface area contributed by atoms with Crippen LogP contribution < -0.4 is 69.3 Å². The summed E-state index contributed by atoms with van der Waals surface area (Å²) in [5.74, 6) is -3.42. The summed E-state index contributed by atoms with van der Waals surface area (Å²) in [7, 11) is -3.33. The number of carbonyl (C=O) groups excluding carboxylic acids is 2. The molecule has 0 spiro atoms. The monoisotopic (exact) mass is 304 g/mol. The van der Waals surface area contributed by atoms with Crippen molar-refractivity contribution >= 4 is 22.1 Å². The van der Waals surface area contributed by atoms with Crippen LogP contribution in [0.15, 0.2) is 23.1 Å². The minimum absolute atomic E-state index is 0. The molecule has 0 aliphatic carbocycles. The molecular weight excluding hydrogens is 298 g/mol. The third-order valence-electron chi connectivity index (χ3n) is 1.89. The van der Waals surface area contributed by atoms with Gasteiger partial charge in [-0.15, -0.1) is 0 Å². The van der Waals surface area contributed by atoms with E-state index < -0.39 is 38.1 Å². The van der Waals surface area contributed by atoms with Crippen molar-refractivity contribution in [3.8, 4) is 0 Å². The van der Waals surface area contributed by atoms with Crippen LogP contribution in [0.3, 0.4) is 0 Å². The number of carbonyl (C=O) groups is 2. The molecule has 0 aromatic heterocycles. The summed E-state index contributed by atoms with van der Waals surface area (Å²) >= 11 is 0. The van der Waals surface area contributed by atoms with Gasteiger partial charge in [0.1, 0.15) is 0 Å². The number of hydrogen-bond acceptors (Lipinski definition) is 7. The van der Waals surface area contributed by atoms with E-state index in [2.05, 4.69) is 4.18 Å². The zero-order valence-corrected chi connectivity index (χ0v) is 15.3. The predicted octanol–water partition coefficient (Wildman–Crippen LogP) is -8.24. The predicted molar refractivity (Wildman–Crippen MR) is 49.3 cm³/mol. The average molecular weight is 304 g/mol. The average Bonchev–Trinajstić information content (AvgIpc) is 2.28. The van der Waals surface area contributed by atoms with Crippen molar-refractivity contribution in [2.75, 3.05) is 7.11 Å². The Balaban J connectivity index is 0. The van der Waals surface area contributed by atoms with Gasteiger partial charge in [0.25, 0.3) is 10.1 Å².